The van der Waals surface area contributed by atoms with Crippen molar-refractivity contribution in [2.24, 2.45) is 0 Å². The second-order valence-corrected chi connectivity index (χ2v) is 7.00. The van der Waals surface area contributed by atoms with Crippen LogP contribution in [0, 0.1) is 6.92 Å². The Labute approximate surface area is 125 Å². The van der Waals surface area contributed by atoms with Crippen LogP contribution in [0.25, 0.3) is 0 Å². The summed E-state index contributed by atoms with van der Waals surface area (Å²) in [6.07, 6.45) is 0.788. The molecule has 1 aliphatic rings. The number of ether oxygens (including phenoxy) is 1. The molecule has 2 rings (SSSR count). The molecule has 1 aromatic rings. The molecule has 0 saturated carbocycles. The molecule has 1 aliphatic heterocycles. The van der Waals surface area contributed by atoms with Gasteiger partial charge in [-0.2, -0.15) is 0 Å². The van der Waals surface area contributed by atoms with E-state index < -0.39 is 16.1 Å². The summed E-state index contributed by atoms with van der Waals surface area (Å²) in [5.74, 6) is 0.194. The van der Waals surface area contributed by atoms with Crippen LogP contribution in [0.2, 0.25) is 0 Å². The molecule has 1 heterocycles. The minimum atomic E-state index is -3.42. The van der Waals surface area contributed by atoms with Crippen LogP contribution < -0.4 is 14.4 Å². The number of benzene rings is 1. The van der Waals surface area contributed by atoms with Crippen molar-refractivity contribution in [3.63, 3.8) is 0 Å². The maximum Gasteiger partial charge on any atom is 0.261 e. The predicted molar refractivity (Wildman–Crippen MR) is 81.1 cm³/mol. The highest BCUT2D eigenvalue weighted by Gasteiger charge is 2.30. The molecule has 0 radical (unpaired) electrons. The molecule has 6 nitrogen and oxygen atoms in total. The Hall–Kier alpha value is -1.76. The van der Waals surface area contributed by atoms with Gasteiger partial charge in [-0.3, -0.25) is 9.10 Å². The molecule has 7 heteroatoms. The van der Waals surface area contributed by atoms with E-state index in [1.54, 1.807) is 12.1 Å². The molecular weight excluding hydrogens is 292 g/mol. The lowest BCUT2D eigenvalue weighted by Gasteiger charge is -2.21. The summed E-state index contributed by atoms with van der Waals surface area (Å²) < 4.78 is 31.0. The summed E-state index contributed by atoms with van der Waals surface area (Å²) in [6, 6.07) is 5.30. The van der Waals surface area contributed by atoms with Gasteiger partial charge >= 0.3 is 0 Å². The Morgan fingerprint density at radius 3 is 2.81 bits per heavy atom. The Bertz CT molecular complexity index is 642. The summed E-state index contributed by atoms with van der Waals surface area (Å²) in [7, 11) is -3.42. The van der Waals surface area contributed by atoms with E-state index in [-0.39, 0.29) is 12.5 Å². The number of carbonyl (C=O) groups excluding carboxylic acids is 1. The fourth-order valence-electron chi connectivity index (χ4n) is 2.31. The Kier molecular flexibility index (Phi) is 4.41. The van der Waals surface area contributed by atoms with Gasteiger partial charge in [0.15, 0.2) is 6.10 Å². The number of hydrogen-bond donors (Lipinski definition) is 1. The van der Waals surface area contributed by atoms with E-state index in [0.29, 0.717) is 24.4 Å². The number of amides is 1. The van der Waals surface area contributed by atoms with Crippen LogP contribution in [0.5, 0.6) is 5.75 Å². The second kappa shape index (κ2) is 5.93. The number of nitrogens with zero attached hydrogens (tertiary/aromatic N) is 1. The fourth-order valence-corrected chi connectivity index (χ4v) is 3.24. The quantitative estimate of drug-likeness (QED) is 0.905. The lowest BCUT2D eigenvalue weighted by molar-refractivity contribution is -0.127. The van der Waals surface area contributed by atoms with Gasteiger partial charge in [-0.05, 0) is 31.5 Å². The lowest BCUT2D eigenvalue weighted by atomic mass is 10.2. The molecule has 1 unspecified atom stereocenters. The molecule has 0 spiro atoms. The third-order valence-electron chi connectivity index (χ3n) is 3.29. The van der Waals surface area contributed by atoms with E-state index >= 15 is 0 Å². The van der Waals surface area contributed by atoms with Gasteiger partial charge in [0.2, 0.25) is 10.0 Å². The third-order valence-corrected chi connectivity index (χ3v) is 4.47. The van der Waals surface area contributed by atoms with Crippen LogP contribution in [0.15, 0.2) is 18.2 Å². The van der Waals surface area contributed by atoms with Gasteiger partial charge in [-0.25, -0.2) is 8.42 Å². The van der Waals surface area contributed by atoms with Crippen molar-refractivity contribution in [2.45, 2.75) is 26.4 Å². The number of anilines is 1. The molecule has 1 atom stereocenters. The smallest absolute Gasteiger partial charge is 0.261 e. The predicted octanol–water partition coefficient (Wildman–Crippen LogP) is 1.05. The summed E-state index contributed by atoms with van der Waals surface area (Å²) in [6.45, 7) is 4.44. The Balaban J connectivity index is 2.42. The van der Waals surface area contributed by atoms with Gasteiger partial charge in [-0.15, -0.1) is 0 Å². The van der Waals surface area contributed by atoms with E-state index in [0.717, 1.165) is 11.8 Å². The number of hydrogen-bond acceptors (Lipinski definition) is 4. The minimum Gasteiger partial charge on any atom is -0.478 e. The molecule has 1 amide bonds. The third kappa shape index (κ3) is 3.47. The monoisotopic (exact) mass is 312 g/mol. The zero-order chi connectivity index (χ0) is 15.6. The highest BCUT2D eigenvalue weighted by Crippen LogP contribution is 2.34. The molecule has 0 aliphatic carbocycles. The SMILES string of the molecule is CCNC(=O)C1CCN(S(C)(=O)=O)c2cc(C)ccc2O1. The lowest BCUT2D eigenvalue weighted by Crippen LogP contribution is -2.39. The van der Waals surface area contributed by atoms with Crippen molar-refractivity contribution in [3.05, 3.63) is 23.8 Å². The van der Waals surface area contributed by atoms with Crippen LogP contribution in [-0.2, 0) is 14.8 Å². The van der Waals surface area contributed by atoms with E-state index in [9.17, 15) is 13.2 Å². The van der Waals surface area contributed by atoms with E-state index in [1.807, 2.05) is 19.9 Å². The first-order valence-electron chi connectivity index (χ1n) is 6.85. The standard InChI is InChI=1S/C14H20N2O4S/c1-4-15-14(17)13-7-8-16(21(3,18)19)11-9-10(2)5-6-12(11)20-13/h5-6,9,13H,4,7-8H2,1-3H3,(H,15,17). The molecule has 1 N–H and O–H groups in total. The summed E-state index contributed by atoms with van der Waals surface area (Å²) in [4.78, 5) is 12.0. The van der Waals surface area contributed by atoms with E-state index in [2.05, 4.69) is 5.32 Å². The van der Waals surface area contributed by atoms with Gasteiger partial charge < -0.3 is 10.1 Å². The van der Waals surface area contributed by atoms with Crippen molar-refractivity contribution in [2.75, 3.05) is 23.7 Å². The zero-order valence-corrected chi connectivity index (χ0v) is 13.2. The maximum absolute atomic E-state index is 12.0. The molecule has 1 aromatic carbocycles. The van der Waals surface area contributed by atoms with Crippen molar-refractivity contribution >= 4 is 21.6 Å². The number of carbonyl (C=O) groups is 1. The molecule has 21 heavy (non-hydrogen) atoms. The Morgan fingerprint density at radius 1 is 1.48 bits per heavy atom. The van der Waals surface area contributed by atoms with Crippen LogP contribution in [0.4, 0.5) is 5.69 Å². The van der Waals surface area contributed by atoms with Crippen LogP contribution in [-0.4, -0.2) is 39.8 Å². The summed E-state index contributed by atoms with van der Waals surface area (Å²) in [5.41, 5.74) is 1.42. The average Bonchev–Trinajstić information content (AvgIpc) is 2.57. The highest BCUT2D eigenvalue weighted by molar-refractivity contribution is 7.92. The highest BCUT2D eigenvalue weighted by atomic mass is 32.2. The Morgan fingerprint density at radius 2 is 2.19 bits per heavy atom. The second-order valence-electron chi connectivity index (χ2n) is 5.10. The number of sulfonamides is 1. The normalized spacial score (nSPS) is 18.4. The van der Waals surface area contributed by atoms with Gasteiger partial charge in [-0.1, -0.05) is 6.07 Å². The summed E-state index contributed by atoms with van der Waals surface area (Å²) in [5, 5.41) is 2.71. The fraction of sp³-hybridized carbons (Fsp3) is 0.500. The number of rotatable bonds is 3. The van der Waals surface area contributed by atoms with Crippen molar-refractivity contribution in [3.8, 4) is 5.75 Å². The van der Waals surface area contributed by atoms with Gasteiger partial charge in [0.25, 0.3) is 5.91 Å². The van der Waals surface area contributed by atoms with Crippen molar-refractivity contribution < 1.29 is 17.9 Å². The number of nitrogens with one attached hydrogen (secondary N) is 1. The molecular formula is C14H20N2O4S. The molecule has 0 bridgehead atoms. The number of likely N-dealkylation sites (N-methyl/N-ethyl adjacent to an activating group) is 1. The van der Waals surface area contributed by atoms with Crippen LogP contribution >= 0.6 is 0 Å². The van der Waals surface area contributed by atoms with Gasteiger partial charge in [0.1, 0.15) is 5.75 Å². The van der Waals surface area contributed by atoms with Crippen molar-refractivity contribution in [1.82, 2.24) is 5.32 Å². The largest absolute Gasteiger partial charge is 0.478 e. The average molecular weight is 312 g/mol. The first-order valence-corrected chi connectivity index (χ1v) is 8.70. The molecule has 0 fully saturated rings. The topological polar surface area (TPSA) is 75.7 Å². The zero-order valence-electron chi connectivity index (χ0n) is 12.4. The van der Waals surface area contributed by atoms with Crippen molar-refractivity contribution in [1.29, 1.82) is 0 Å². The summed E-state index contributed by atoms with van der Waals surface area (Å²) >= 11 is 0. The van der Waals surface area contributed by atoms with E-state index in [4.69, 9.17) is 4.74 Å². The van der Waals surface area contributed by atoms with E-state index in [1.165, 1.54) is 4.31 Å². The molecule has 0 aromatic heterocycles. The first-order chi connectivity index (χ1) is 9.82. The van der Waals surface area contributed by atoms with Crippen LogP contribution in [0.3, 0.4) is 0 Å². The molecule has 116 valence electrons. The van der Waals surface area contributed by atoms with Gasteiger partial charge in [0, 0.05) is 19.5 Å². The minimum absolute atomic E-state index is 0.219. The molecule has 0 saturated heterocycles. The maximum atomic E-state index is 12.0. The van der Waals surface area contributed by atoms with Crippen LogP contribution in [0.1, 0.15) is 18.9 Å². The van der Waals surface area contributed by atoms with Gasteiger partial charge in [0.05, 0.1) is 11.9 Å². The number of fused-ring (bicyclic) bond motifs is 1. The first kappa shape index (κ1) is 15.6. The number of aryl methyl sites for hydroxylation is 1.